The molecule has 0 radical (unpaired) electrons. The standard InChI is InChI=1S/C13H16N2O6/c1-8(2)21-11(17)4-3-10(16)20-6-5-9-7-14-13(19)15-12(9)18/h3-4,7-8H,5-6H2,1-2H3,(H2,14,15,18,19)/b4-3+. The van der Waals surface area contributed by atoms with Crippen LogP contribution in [0.1, 0.15) is 19.4 Å². The smallest absolute Gasteiger partial charge is 0.331 e. The number of ether oxygens (including phenoxy) is 2. The van der Waals surface area contributed by atoms with Gasteiger partial charge in [0.15, 0.2) is 0 Å². The van der Waals surface area contributed by atoms with Gasteiger partial charge in [-0.15, -0.1) is 0 Å². The van der Waals surface area contributed by atoms with Crippen LogP contribution in [0.5, 0.6) is 0 Å². The molecule has 0 fully saturated rings. The summed E-state index contributed by atoms with van der Waals surface area (Å²) in [6.07, 6.45) is 3.04. The van der Waals surface area contributed by atoms with Crippen LogP contribution < -0.4 is 11.2 Å². The maximum absolute atomic E-state index is 11.3. The summed E-state index contributed by atoms with van der Waals surface area (Å²) in [5.41, 5.74) is -0.858. The zero-order valence-electron chi connectivity index (χ0n) is 11.7. The average molecular weight is 296 g/mol. The molecule has 114 valence electrons. The normalized spacial score (nSPS) is 10.8. The van der Waals surface area contributed by atoms with E-state index in [1.807, 2.05) is 0 Å². The lowest BCUT2D eigenvalue weighted by molar-refractivity contribution is -0.142. The lowest BCUT2D eigenvalue weighted by Gasteiger charge is -2.04. The van der Waals surface area contributed by atoms with Crippen molar-refractivity contribution in [1.82, 2.24) is 9.97 Å². The Bertz CT molecular complexity index is 641. The van der Waals surface area contributed by atoms with Crippen molar-refractivity contribution < 1.29 is 19.1 Å². The van der Waals surface area contributed by atoms with Gasteiger partial charge in [0.2, 0.25) is 0 Å². The number of esters is 2. The molecule has 1 aromatic heterocycles. The summed E-state index contributed by atoms with van der Waals surface area (Å²) in [6.45, 7) is 3.31. The topological polar surface area (TPSA) is 118 Å². The maximum Gasteiger partial charge on any atom is 0.331 e. The number of H-pyrrole nitrogens is 2. The molecule has 0 saturated carbocycles. The van der Waals surface area contributed by atoms with Gasteiger partial charge >= 0.3 is 17.6 Å². The predicted molar refractivity (Wildman–Crippen MR) is 72.7 cm³/mol. The number of rotatable bonds is 6. The number of carbonyl (C=O) groups is 2. The van der Waals surface area contributed by atoms with Crippen LogP contribution in [0.2, 0.25) is 0 Å². The van der Waals surface area contributed by atoms with E-state index in [2.05, 4.69) is 9.97 Å². The van der Waals surface area contributed by atoms with Gasteiger partial charge in [-0.1, -0.05) is 0 Å². The molecule has 0 aliphatic heterocycles. The molecule has 1 heterocycles. The molecule has 0 bridgehead atoms. The summed E-state index contributed by atoms with van der Waals surface area (Å²) in [5, 5.41) is 0. The predicted octanol–water partition coefficient (Wildman–Crippen LogP) is -0.343. The van der Waals surface area contributed by atoms with Gasteiger partial charge in [0.05, 0.1) is 12.7 Å². The van der Waals surface area contributed by atoms with Gasteiger partial charge in [0.1, 0.15) is 0 Å². The van der Waals surface area contributed by atoms with Crippen molar-refractivity contribution in [2.45, 2.75) is 26.4 Å². The zero-order valence-corrected chi connectivity index (χ0v) is 11.7. The van der Waals surface area contributed by atoms with E-state index >= 15 is 0 Å². The fourth-order valence-electron chi connectivity index (χ4n) is 1.34. The third-order valence-corrected chi connectivity index (χ3v) is 2.22. The Labute approximate surface area is 119 Å². The Morgan fingerprint density at radius 1 is 1.24 bits per heavy atom. The number of nitrogens with one attached hydrogen (secondary N) is 2. The highest BCUT2D eigenvalue weighted by atomic mass is 16.5. The van der Waals surface area contributed by atoms with Crippen molar-refractivity contribution in [2.75, 3.05) is 6.61 Å². The van der Waals surface area contributed by atoms with Crippen molar-refractivity contribution in [3.8, 4) is 0 Å². The van der Waals surface area contributed by atoms with E-state index in [1.165, 1.54) is 6.20 Å². The summed E-state index contributed by atoms with van der Waals surface area (Å²) < 4.78 is 9.60. The number of aromatic nitrogens is 2. The highest BCUT2D eigenvalue weighted by Crippen LogP contribution is 1.93. The zero-order chi connectivity index (χ0) is 15.8. The molecule has 1 rings (SSSR count). The van der Waals surface area contributed by atoms with Gasteiger partial charge in [0.25, 0.3) is 5.56 Å². The van der Waals surface area contributed by atoms with Gasteiger partial charge < -0.3 is 14.5 Å². The quantitative estimate of drug-likeness (QED) is 0.547. The van der Waals surface area contributed by atoms with Crippen LogP contribution in [0.15, 0.2) is 27.9 Å². The molecule has 0 spiro atoms. The van der Waals surface area contributed by atoms with Crippen LogP contribution in [0.25, 0.3) is 0 Å². The van der Waals surface area contributed by atoms with Crippen LogP contribution in [-0.4, -0.2) is 34.6 Å². The Hall–Kier alpha value is -2.64. The van der Waals surface area contributed by atoms with Gasteiger partial charge in [-0.2, -0.15) is 0 Å². The fraction of sp³-hybridized carbons (Fsp3) is 0.385. The van der Waals surface area contributed by atoms with Gasteiger partial charge in [0, 0.05) is 30.3 Å². The maximum atomic E-state index is 11.3. The number of hydrogen-bond acceptors (Lipinski definition) is 6. The van der Waals surface area contributed by atoms with E-state index in [1.54, 1.807) is 13.8 Å². The van der Waals surface area contributed by atoms with E-state index < -0.39 is 23.2 Å². The molecule has 0 atom stereocenters. The minimum Gasteiger partial charge on any atom is -0.462 e. The highest BCUT2D eigenvalue weighted by Gasteiger charge is 2.04. The van der Waals surface area contributed by atoms with Crippen LogP contribution >= 0.6 is 0 Å². The van der Waals surface area contributed by atoms with Crippen molar-refractivity contribution in [3.05, 3.63) is 44.8 Å². The van der Waals surface area contributed by atoms with E-state index in [9.17, 15) is 19.2 Å². The van der Waals surface area contributed by atoms with Crippen molar-refractivity contribution in [3.63, 3.8) is 0 Å². The lowest BCUT2D eigenvalue weighted by atomic mass is 10.2. The van der Waals surface area contributed by atoms with Crippen molar-refractivity contribution >= 4 is 11.9 Å². The van der Waals surface area contributed by atoms with Gasteiger partial charge in [-0.25, -0.2) is 14.4 Å². The van der Waals surface area contributed by atoms with Crippen molar-refractivity contribution in [2.24, 2.45) is 0 Å². The molecule has 2 N–H and O–H groups in total. The molecule has 21 heavy (non-hydrogen) atoms. The molecule has 0 unspecified atom stereocenters. The van der Waals surface area contributed by atoms with Crippen LogP contribution in [0, 0.1) is 0 Å². The molecule has 0 aliphatic carbocycles. The first-order valence-corrected chi connectivity index (χ1v) is 6.25. The summed E-state index contributed by atoms with van der Waals surface area (Å²) in [4.78, 5) is 48.9. The summed E-state index contributed by atoms with van der Waals surface area (Å²) in [7, 11) is 0. The minimum atomic E-state index is -0.725. The van der Waals surface area contributed by atoms with E-state index in [4.69, 9.17) is 9.47 Å². The molecule has 0 saturated heterocycles. The summed E-state index contributed by atoms with van der Waals surface area (Å²) >= 11 is 0. The van der Waals surface area contributed by atoms with Gasteiger partial charge in [-0.05, 0) is 13.8 Å². The number of carbonyl (C=O) groups excluding carboxylic acids is 2. The first-order valence-electron chi connectivity index (χ1n) is 6.25. The molecule has 0 aromatic carbocycles. The average Bonchev–Trinajstić information content (AvgIpc) is 2.38. The van der Waals surface area contributed by atoms with E-state index in [0.29, 0.717) is 0 Å². The SMILES string of the molecule is CC(C)OC(=O)/C=C/C(=O)OCCc1c[nH]c(=O)[nH]c1=O. The molecule has 0 amide bonds. The summed E-state index contributed by atoms with van der Waals surface area (Å²) in [6, 6.07) is 0. The molecule has 0 aliphatic rings. The summed E-state index contributed by atoms with van der Waals surface area (Å²) in [5.74, 6) is -1.37. The third-order valence-electron chi connectivity index (χ3n) is 2.22. The Kier molecular flexibility index (Phi) is 6.12. The van der Waals surface area contributed by atoms with E-state index in [0.717, 1.165) is 12.2 Å². The molecule has 8 heteroatoms. The second-order valence-corrected chi connectivity index (χ2v) is 4.33. The Morgan fingerprint density at radius 3 is 2.52 bits per heavy atom. The molecule has 1 aromatic rings. The van der Waals surface area contributed by atoms with E-state index in [-0.39, 0.29) is 24.7 Å². The molecule has 8 nitrogen and oxygen atoms in total. The lowest BCUT2D eigenvalue weighted by Crippen LogP contribution is -2.25. The van der Waals surface area contributed by atoms with Gasteiger partial charge in [-0.3, -0.25) is 9.78 Å². The minimum absolute atomic E-state index is 0.0580. The number of hydrogen-bond donors (Lipinski definition) is 2. The Morgan fingerprint density at radius 2 is 1.90 bits per heavy atom. The molecular weight excluding hydrogens is 280 g/mol. The van der Waals surface area contributed by atoms with Crippen molar-refractivity contribution in [1.29, 1.82) is 0 Å². The largest absolute Gasteiger partial charge is 0.462 e. The fourth-order valence-corrected chi connectivity index (χ4v) is 1.34. The van der Waals surface area contributed by atoms with Crippen LogP contribution in [-0.2, 0) is 25.5 Å². The monoisotopic (exact) mass is 296 g/mol. The van der Waals surface area contributed by atoms with Crippen LogP contribution in [0.4, 0.5) is 0 Å². The second kappa shape index (κ2) is 7.83. The third kappa shape index (κ3) is 6.37. The number of aromatic amines is 2. The second-order valence-electron chi connectivity index (χ2n) is 4.33. The molecular formula is C13H16N2O6. The first kappa shape index (κ1) is 16.4. The Balaban J connectivity index is 2.40. The first-order chi connectivity index (χ1) is 9.88. The highest BCUT2D eigenvalue weighted by molar-refractivity contribution is 5.91. The van der Waals surface area contributed by atoms with Crippen LogP contribution in [0.3, 0.4) is 0 Å².